The zero-order chi connectivity index (χ0) is 11.4. The highest BCUT2D eigenvalue weighted by Crippen LogP contribution is 2.23. The molecule has 0 radical (unpaired) electrons. The Morgan fingerprint density at radius 1 is 1.60 bits per heavy atom. The summed E-state index contributed by atoms with van der Waals surface area (Å²) in [4.78, 5) is 11.0. The molecule has 3 nitrogen and oxygen atoms in total. The van der Waals surface area contributed by atoms with Crippen molar-refractivity contribution in [1.29, 1.82) is 0 Å². The second-order valence-electron chi connectivity index (χ2n) is 3.30. The Morgan fingerprint density at radius 3 is 2.80 bits per heavy atom. The van der Waals surface area contributed by atoms with Gasteiger partial charge in [0.15, 0.2) is 0 Å². The summed E-state index contributed by atoms with van der Waals surface area (Å²) in [6.07, 6.45) is -0.881. The van der Waals surface area contributed by atoms with Crippen LogP contribution in [0.3, 0.4) is 0 Å². The van der Waals surface area contributed by atoms with Crippen molar-refractivity contribution in [3.63, 3.8) is 0 Å². The lowest BCUT2D eigenvalue weighted by Crippen LogP contribution is -2.09. The van der Waals surface area contributed by atoms with E-state index in [1.807, 2.05) is 6.92 Å². The molecule has 0 aromatic heterocycles. The van der Waals surface area contributed by atoms with Crippen LogP contribution in [0.5, 0.6) is 0 Å². The molecule has 1 aromatic rings. The van der Waals surface area contributed by atoms with Gasteiger partial charge < -0.3 is 9.84 Å². The van der Waals surface area contributed by atoms with E-state index in [0.717, 1.165) is 5.56 Å². The van der Waals surface area contributed by atoms with E-state index < -0.39 is 12.1 Å². The molecule has 0 amide bonds. The summed E-state index contributed by atoms with van der Waals surface area (Å²) in [5, 5.41) is 10.4. The first-order valence-electron chi connectivity index (χ1n) is 4.55. The Kier molecular flexibility index (Phi) is 4.12. The summed E-state index contributed by atoms with van der Waals surface area (Å²) in [5.41, 5.74) is 1.56. The summed E-state index contributed by atoms with van der Waals surface area (Å²) in [5.74, 6) is -0.433. The lowest BCUT2D eigenvalue weighted by molar-refractivity contribution is -0.142. The molecule has 0 aliphatic rings. The quantitative estimate of drug-likeness (QED) is 0.808. The minimum absolute atomic E-state index is 0.0427. The number of aliphatic hydroxyl groups is 1. The molecule has 1 aromatic carbocycles. The van der Waals surface area contributed by atoms with Gasteiger partial charge in [0.1, 0.15) is 0 Å². The van der Waals surface area contributed by atoms with Crippen LogP contribution in [0.25, 0.3) is 0 Å². The molecule has 82 valence electrons. The molecule has 0 saturated carbocycles. The molecule has 4 heteroatoms. The van der Waals surface area contributed by atoms with E-state index in [4.69, 9.17) is 11.6 Å². The van der Waals surface area contributed by atoms with Gasteiger partial charge >= 0.3 is 5.97 Å². The molecule has 1 rings (SSSR count). The van der Waals surface area contributed by atoms with Crippen molar-refractivity contribution in [2.75, 3.05) is 7.11 Å². The van der Waals surface area contributed by atoms with Gasteiger partial charge in [-0.25, -0.2) is 0 Å². The number of benzene rings is 1. The second-order valence-corrected chi connectivity index (χ2v) is 3.73. The van der Waals surface area contributed by atoms with Crippen LogP contribution in [0, 0.1) is 6.92 Å². The van der Waals surface area contributed by atoms with Gasteiger partial charge in [-0.05, 0) is 30.2 Å². The van der Waals surface area contributed by atoms with Crippen molar-refractivity contribution in [3.8, 4) is 0 Å². The van der Waals surface area contributed by atoms with E-state index in [9.17, 15) is 9.90 Å². The Hall–Kier alpha value is -1.06. The van der Waals surface area contributed by atoms with Crippen molar-refractivity contribution in [2.24, 2.45) is 0 Å². The van der Waals surface area contributed by atoms with E-state index in [1.165, 1.54) is 7.11 Å². The Labute approximate surface area is 93.6 Å². The minimum atomic E-state index is -0.838. The highest BCUT2D eigenvalue weighted by atomic mass is 35.5. The number of methoxy groups -OCH3 is 1. The van der Waals surface area contributed by atoms with Crippen molar-refractivity contribution < 1.29 is 14.6 Å². The molecule has 0 heterocycles. The van der Waals surface area contributed by atoms with Gasteiger partial charge in [-0.15, -0.1) is 0 Å². The monoisotopic (exact) mass is 228 g/mol. The predicted octanol–water partition coefficient (Wildman–Crippen LogP) is 2.24. The minimum Gasteiger partial charge on any atom is -0.469 e. The number of esters is 1. The smallest absolute Gasteiger partial charge is 0.308 e. The molecular formula is C11H13ClO3. The van der Waals surface area contributed by atoms with E-state index in [-0.39, 0.29) is 6.42 Å². The molecule has 0 bridgehead atoms. The standard InChI is InChI=1S/C11H13ClO3/c1-7-5-8(12)3-4-9(7)10(13)6-11(14)15-2/h3-5,10,13H,6H2,1-2H3/t10-/m0/s1. The molecule has 1 atom stereocenters. The maximum atomic E-state index is 11.0. The number of aliphatic hydroxyl groups excluding tert-OH is 1. The van der Waals surface area contributed by atoms with E-state index in [1.54, 1.807) is 18.2 Å². The van der Waals surface area contributed by atoms with Gasteiger partial charge in [0.2, 0.25) is 0 Å². The molecule has 0 unspecified atom stereocenters. The summed E-state index contributed by atoms with van der Waals surface area (Å²) < 4.78 is 4.48. The first-order valence-corrected chi connectivity index (χ1v) is 4.93. The van der Waals surface area contributed by atoms with Crippen LogP contribution in [0.15, 0.2) is 18.2 Å². The summed E-state index contributed by atoms with van der Waals surface area (Å²) in [7, 11) is 1.30. The summed E-state index contributed by atoms with van der Waals surface area (Å²) >= 11 is 5.78. The van der Waals surface area contributed by atoms with Crippen molar-refractivity contribution in [2.45, 2.75) is 19.4 Å². The van der Waals surface area contributed by atoms with Crippen LogP contribution in [-0.2, 0) is 9.53 Å². The molecular weight excluding hydrogens is 216 g/mol. The molecule has 1 N–H and O–H groups in total. The van der Waals surface area contributed by atoms with Gasteiger partial charge in [0, 0.05) is 5.02 Å². The molecule has 0 aliphatic carbocycles. The van der Waals surface area contributed by atoms with Crippen LogP contribution in [-0.4, -0.2) is 18.2 Å². The van der Waals surface area contributed by atoms with Crippen molar-refractivity contribution >= 4 is 17.6 Å². The third kappa shape index (κ3) is 3.22. The second kappa shape index (κ2) is 5.14. The Morgan fingerprint density at radius 2 is 2.27 bits per heavy atom. The van der Waals surface area contributed by atoms with Gasteiger partial charge in [-0.2, -0.15) is 0 Å². The fourth-order valence-corrected chi connectivity index (χ4v) is 1.59. The lowest BCUT2D eigenvalue weighted by atomic mass is 10.0. The zero-order valence-corrected chi connectivity index (χ0v) is 9.41. The largest absolute Gasteiger partial charge is 0.469 e. The fraction of sp³-hybridized carbons (Fsp3) is 0.364. The third-order valence-electron chi connectivity index (χ3n) is 2.18. The van der Waals surface area contributed by atoms with Crippen LogP contribution in [0.1, 0.15) is 23.7 Å². The number of carbonyl (C=O) groups excluding carboxylic acids is 1. The normalized spacial score (nSPS) is 12.3. The number of carbonyl (C=O) groups is 1. The maximum Gasteiger partial charge on any atom is 0.308 e. The van der Waals surface area contributed by atoms with Crippen LogP contribution in [0.2, 0.25) is 5.02 Å². The Balaban J connectivity index is 2.82. The summed E-state index contributed by atoms with van der Waals surface area (Å²) in [6, 6.07) is 5.15. The van der Waals surface area contributed by atoms with Gasteiger partial charge in [-0.3, -0.25) is 4.79 Å². The number of aryl methyl sites for hydroxylation is 1. The van der Waals surface area contributed by atoms with Gasteiger partial charge in [0.05, 0.1) is 19.6 Å². The number of halogens is 1. The summed E-state index contributed by atoms with van der Waals surface area (Å²) in [6.45, 7) is 1.84. The van der Waals surface area contributed by atoms with Crippen LogP contribution < -0.4 is 0 Å². The maximum absolute atomic E-state index is 11.0. The average molecular weight is 229 g/mol. The topological polar surface area (TPSA) is 46.5 Å². The highest BCUT2D eigenvalue weighted by Gasteiger charge is 2.15. The van der Waals surface area contributed by atoms with Gasteiger partial charge in [0.25, 0.3) is 0 Å². The van der Waals surface area contributed by atoms with Crippen molar-refractivity contribution in [1.82, 2.24) is 0 Å². The van der Waals surface area contributed by atoms with Crippen LogP contribution >= 0.6 is 11.6 Å². The van der Waals surface area contributed by atoms with Crippen molar-refractivity contribution in [3.05, 3.63) is 34.3 Å². The van der Waals surface area contributed by atoms with E-state index in [0.29, 0.717) is 10.6 Å². The van der Waals surface area contributed by atoms with E-state index in [2.05, 4.69) is 4.74 Å². The molecule has 0 fully saturated rings. The molecule has 0 aliphatic heterocycles. The SMILES string of the molecule is COC(=O)C[C@H](O)c1ccc(Cl)cc1C. The molecule has 0 spiro atoms. The number of rotatable bonds is 3. The first-order chi connectivity index (χ1) is 7.04. The highest BCUT2D eigenvalue weighted by molar-refractivity contribution is 6.30. The average Bonchev–Trinajstić information content (AvgIpc) is 2.17. The lowest BCUT2D eigenvalue weighted by Gasteiger charge is -2.12. The number of hydrogen-bond donors (Lipinski definition) is 1. The number of ether oxygens (including phenoxy) is 1. The van der Waals surface area contributed by atoms with Crippen LogP contribution in [0.4, 0.5) is 0 Å². The predicted molar refractivity (Wildman–Crippen MR) is 57.8 cm³/mol. The van der Waals surface area contributed by atoms with Gasteiger partial charge in [-0.1, -0.05) is 17.7 Å². The zero-order valence-electron chi connectivity index (χ0n) is 8.66. The molecule has 15 heavy (non-hydrogen) atoms. The third-order valence-corrected chi connectivity index (χ3v) is 2.41. The van der Waals surface area contributed by atoms with E-state index >= 15 is 0 Å². The number of hydrogen-bond acceptors (Lipinski definition) is 3. The fourth-order valence-electron chi connectivity index (χ4n) is 1.36. The first kappa shape index (κ1) is 12.0. The molecule has 0 saturated heterocycles. The Bertz CT molecular complexity index is 363.